The first-order valence-electron chi connectivity index (χ1n) is 13.7. The van der Waals surface area contributed by atoms with Crippen molar-refractivity contribution in [1.29, 1.82) is 0 Å². The van der Waals surface area contributed by atoms with Gasteiger partial charge in [-0.25, -0.2) is 18.0 Å². The molecule has 0 aromatic heterocycles. The predicted octanol–water partition coefficient (Wildman–Crippen LogP) is 7.00. The minimum absolute atomic E-state index is 0.0165. The van der Waals surface area contributed by atoms with Crippen LogP contribution in [-0.2, 0) is 17.5 Å². The molecule has 0 amide bonds. The lowest BCUT2D eigenvalue weighted by atomic mass is 9.94. The second-order valence-corrected chi connectivity index (χ2v) is 10.4. The Kier molecular flexibility index (Phi) is 11.2. The lowest BCUT2D eigenvalue weighted by Gasteiger charge is -2.19. The minimum atomic E-state index is -4.38. The number of rotatable bonds is 10. The second kappa shape index (κ2) is 14.8. The van der Waals surface area contributed by atoms with E-state index in [1.807, 2.05) is 0 Å². The highest BCUT2D eigenvalue weighted by molar-refractivity contribution is 6.32. The Labute approximate surface area is 254 Å². The third-order valence-corrected chi connectivity index (χ3v) is 7.23. The van der Waals surface area contributed by atoms with Crippen molar-refractivity contribution in [3.8, 4) is 11.5 Å². The normalized spacial score (nSPS) is 15.0. The molecule has 1 heterocycles. The molecule has 0 unspecified atom stereocenters. The average molecular weight is 643 g/mol. The highest BCUT2D eigenvalue weighted by Crippen LogP contribution is 2.36. The number of halogens is 7. The van der Waals surface area contributed by atoms with Crippen molar-refractivity contribution in [2.45, 2.75) is 38.0 Å². The van der Waals surface area contributed by atoms with Crippen LogP contribution in [0.15, 0.2) is 60.2 Å². The van der Waals surface area contributed by atoms with Crippen molar-refractivity contribution >= 4 is 23.1 Å². The van der Waals surface area contributed by atoms with Crippen molar-refractivity contribution in [3.63, 3.8) is 0 Å². The minimum Gasteiger partial charge on any atom is -0.490 e. The van der Waals surface area contributed by atoms with E-state index in [-0.39, 0.29) is 18.2 Å². The Morgan fingerprint density at radius 1 is 1.00 bits per heavy atom. The topological polar surface area (TPSA) is 79.8 Å². The van der Waals surface area contributed by atoms with Crippen LogP contribution >= 0.6 is 11.6 Å². The summed E-state index contributed by atoms with van der Waals surface area (Å²) in [6.45, 7) is 1.30. The van der Waals surface area contributed by atoms with Crippen molar-refractivity contribution in [2.24, 2.45) is 0 Å². The summed E-state index contributed by atoms with van der Waals surface area (Å²) >= 11 is 5.74. The summed E-state index contributed by atoms with van der Waals surface area (Å²) in [6.07, 6.45) is -1.58. The highest BCUT2D eigenvalue weighted by Gasteiger charge is 2.34. The molecule has 0 spiro atoms. The van der Waals surface area contributed by atoms with E-state index in [4.69, 9.17) is 21.1 Å². The van der Waals surface area contributed by atoms with Gasteiger partial charge >= 0.3 is 12.1 Å². The molecular weight excluding hydrogens is 614 g/mol. The zero-order chi connectivity index (χ0) is 31.9. The van der Waals surface area contributed by atoms with E-state index < -0.39 is 40.9 Å². The number of aliphatic carboxylic acids is 1. The van der Waals surface area contributed by atoms with Gasteiger partial charge in [0.1, 0.15) is 24.8 Å². The number of alkyl halides is 3. The molecule has 13 heteroatoms. The van der Waals surface area contributed by atoms with Crippen LogP contribution in [0.3, 0.4) is 0 Å². The number of carboxylic acid groups (broad SMARTS) is 1. The largest absolute Gasteiger partial charge is 0.490 e. The summed E-state index contributed by atoms with van der Waals surface area (Å²) in [4.78, 5) is 11.4. The molecule has 3 N–H and O–H groups in total. The molecule has 6 nitrogen and oxygen atoms in total. The van der Waals surface area contributed by atoms with E-state index in [1.165, 1.54) is 6.07 Å². The number of carbonyl (C=O) groups is 1. The maximum absolute atomic E-state index is 13.5. The smallest absolute Gasteiger partial charge is 0.417 e. The average Bonchev–Trinajstić information content (AvgIpc) is 3.80. The van der Waals surface area contributed by atoms with E-state index >= 15 is 0 Å². The van der Waals surface area contributed by atoms with Gasteiger partial charge < -0.3 is 25.2 Å². The zero-order valence-corrected chi connectivity index (χ0v) is 24.0. The predicted molar refractivity (Wildman–Crippen MR) is 152 cm³/mol. The molecule has 3 aromatic carbocycles. The SMILES string of the molecule is FC(F)(F)c1cccc(CNC2CC2)c1Cl.O=C(O)C1=C(c2ccc(OCCOc3c(F)cc(F)cc3F)cc2)CCNC1. The maximum atomic E-state index is 13.5. The van der Waals surface area contributed by atoms with Gasteiger partial charge in [-0.05, 0) is 60.7 Å². The van der Waals surface area contributed by atoms with Crippen molar-refractivity contribution < 1.29 is 45.7 Å². The monoisotopic (exact) mass is 642 g/mol. The fourth-order valence-corrected chi connectivity index (χ4v) is 4.71. The van der Waals surface area contributed by atoms with Crippen LogP contribution < -0.4 is 20.1 Å². The summed E-state index contributed by atoms with van der Waals surface area (Å²) in [5.74, 6) is -4.36. The molecule has 0 atom stereocenters. The van der Waals surface area contributed by atoms with Crippen LogP contribution in [-0.4, -0.2) is 43.4 Å². The summed E-state index contributed by atoms with van der Waals surface area (Å²) in [6, 6.07) is 12.4. The number of nitrogens with one attached hydrogen (secondary N) is 2. The molecular formula is C31H29ClF6N2O4. The Bertz CT molecular complexity index is 1470. The van der Waals surface area contributed by atoms with Gasteiger partial charge in [0, 0.05) is 31.3 Å². The van der Waals surface area contributed by atoms with Gasteiger partial charge in [-0.15, -0.1) is 0 Å². The molecule has 0 saturated heterocycles. The van der Waals surface area contributed by atoms with Crippen LogP contribution in [0.5, 0.6) is 11.5 Å². The lowest BCUT2D eigenvalue weighted by Crippen LogP contribution is -2.28. The molecule has 1 saturated carbocycles. The molecule has 3 aromatic rings. The summed E-state index contributed by atoms with van der Waals surface area (Å²) in [5, 5.41) is 15.3. The van der Waals surface area contributed by atoms with Crippen molar-refractivity contribution in [3.05, 3.63) is 99.3 Å². The molecule has 1 aliphatic carbocycles. The van der Waals surface area contributed by atoms with Gasteiger partial charge in [-0.1, -0.05) is 35.9 Å². The fraction of sp³-hybridized carbons (Fsp3) is 0.323. The Morgan fingerprint density at radius 2 is 1.66 bits per heavy atom. The van der Waals surface area contributed by atoms with Crippen molar-refractivity contribution in [2.75, 3.05) is 26.3 Å². The number of hydrogen-bond acceptors (Lipinski definition) is 5. The molecule has 5 rings (SSSR count). The first-order valence-corrected chi connectivity index (χ1v) is 14.1. The first-order chi connectivity index (χ1) is 20.9. The van der Waals surface area contributed by atoms with Gasteiger partial charge in [0.15, 0.2) is 17.4 Å². The molecule has 236 valence electrons. The molecule has 0 bridgehead atoms. The summed E-state index contributed by atoms with van der Waals surface area (Å²) in [5.41, 5.74) is 1.67. The van der Waals surface area contributed by atoms with Gasteiger partial charge in [-0.2, -0.15) is 13.2 Å². The Hall–Kier alpha value is -3.74. The standard InChI is InChI=1S/C20H18F3NO4.C11H11ClF3N/c21-13-9-17(22)19(18(23)10-13)28-8-7-27-14-3-1-12(2-4-14)15-5-6-24-11-16(15)20(25)26;12-10-7(6-16-8-4-5-8)2-1-3-9(10)11(13,14)15/h1-4,9-10,24H,5-8,11H2,(H,25,26);1-3,8,16H,4-6H2. The van der Waals surface area contributed by atoms with Crippen LogP contribution in [0.2, 0.25) is 5.02 Å². The van der Waals surface area contributed by atoms with E-state index in [0.717, 1.165) is 30.0 Å². The van der Waals surface area contributed by atoms with Gasteiger partial charge in [0.25, 0.3) is 0 Å². The Morgan fingerprint density at radius 3 is 2.27 bits per heavy atom. The molecule has 44 heavy (non-hydrogen) atoms. The van der Waals surface area contributed by atoms with Crippen LogP contribution in [0, 0.1) is 17.5 Å². The zero-order valence-electron chi connectivity index (χ0n) is 23.2. The third kappa shape index (κ3) is 9.13. The number of carboxylic acids is 1. The molecule has 1 aliphatic heterocycles. The molecule has 1 fully saturated rings. The van der Waals surface area contributed by atoms with Gasteiger partial charge in [-0.3, -0.25) is 0 Å². The second-order valence-electron chi connectivity index (χ2n) is 10.0. The quantitative estimate of drug-likeness (QED) is 0.163. The van der Waals surface area contributed by atoms with Gasteiger partial charge in [0.05, 0.1) is 16.2 Å². The summed E-state index contributed by atoms with van der Waals surface area (Å²) < 4.78 is 87.9. The fourth-order valence-electron chi connectivity index (χ4n) is 4.41. The summed E-state index contributed by atoms with van der Waals surface area (Å²) in [7, 11) is 0. The van der Waals surface area contributed by atoms with E-state index in [2.05, 4.69) is 10.6 Å². The van der Waals surface area contributed by atoms with E-state index in [0.29, 0.717) is 61.1 Å². The van der Waals surface area contributed by atoms with Crippen LogP contribution in [0.25, 0.3) is 5.57 Å². The first kappa shape index (κ1) is 33.2. The van der Waals surface area contributed by atoms with E-state index in [1.54, 1.807) is 30.3 Å². The third-order valence-electron chi connectivity index (χ3n) is 6.78. The maximum Gasteiger partial charge on any atom is 0.417 e. The Balaban J connectivity index is 0.000000233. The van der Waals surface area contributed by atoms with Crippen molar-refractivity contribution in [1.82, 2.24) is 10.6 Å². The molecule has 0 radical (unpaired) electrons. The number of hydrogen-bond donors (Lipinski definition) is 3. The number of benzene rings is 3. The van der Waals surface area contributed by atoms with Crippen LogP contribution in [0.1, 0.15) is 36.0 Å². The van der Waals surface area contributed by atoms with Gasteiger partial charge in [0.2, 0.25) is 0 Å². The van der Waals surface area contributed by atoms with E-state index in [9.17, 15) is 36.2 Å². The lowest BCUT2D eigenvalue weighted by molar-refractivity contribution is -0.137. The molecule has 2 aliphatic rings. The number of ether oxygens (including phenoxy) is 2. The highest BCUT2D eigenvalue weighted by atomic mass is 35.5. The van der Waals surface area contributed by atoms with Crippen LogP contribution in [0.4, 0.5) is 26.3 Å².